The number of rotatable bonds is 3. The molecule has 0 radical (unpaired) electrons. The Morgan fingerprint density at radius 2 is 2.17 bits per heavy atom. The number of nitrogens with zero attached hydrogens (tertiary/aromatic N) is 1. The van der Waals surface area contributed by atoms with Crippen molar-refractivity contribution in [2.45, 2.75) is 0 Å². The first-order chi connectivity index (χ1) is 11.2. The maximum atomic E-state index is 12.2. The highest BCUT2D eigenvalue weighted by Crippen LogP contribution is 2.25. The second kappa shape index (κ2) is 5.25. The van der Waals surface area contributed by atoms with E-state index in [1.165, 1.54) is 11.3 Å². The minimum atomic E-state index is -0.541. The Bertz CT molecular complexity index is 1040. The number of aromatic nitrogens is 2. The molecule has 0 spiro atoms. The van der Waals surface area contributed by atoms with Gasteiger partial charge in [0.2, 0.25) is 0 Å². The van der Waals surface area contributed by atoms with Gasteiger partial charge in [0.15, 0.2) is 17.0 Å². The van der Waals surface area contributed by atoms with Crippen molar-refractivity contribution in [3.63, 3.8) is 0 Å². The van der Waals surface area contributed by atoms with Crippen LogP contribution < -0.4 is 11.1 Å². The van der Waals surface area contributed by atoms with Crippen molar-refractivity contribution in [2.24, 2.45) is 0 Å². The number of amides is 1. The maximum absolute atomic E-state index is 12.2. The topological polar surface area (TPSA) is 101 Å². The number of hydrogen-bond acceptors (Lipinski definition) is 6. The molecular weight excluding hydrogens is 318 g/mol. The molecular formula is C15H9N3O4S. The first-order valence-electron chi connectivity index (χ1n) is 6.64. The highest BCUT2D eigenvalue weighted by molar-refractivity contribution is 7.13. The quantitative estimate of drug-likeness (QED) is 0.602. The molecule has 0 fully saturated rings. The van der Waals surface area contributed by atoms with Gasteiger partial charge in [0.05, 0.1) is 10.4 Å². The van der Waals surface area contributed by atoms with Gasteiger partial charge in [-0.15, -0.1) is 11.3 Å². The Morgan fingerprint density at radius 1 is 1.26 bits per heavy atom. The number of oxazole rings is 1. The number of carbonyl (C=O) groups excluding carboxylic acids is 1. The molecule has 23 heavy (non-hydrogen) atoms. The average Bonchev–Trinajstić information content (AvgIpc) is 3.26. The highest BCUT2D eigenvalue weighted by Gasteiger charge is 2.15. The molecule has 8 heteroatoms. The second-order valence-electron chi connectivity index (χ2n) is 4.73. The molecule has 1 aromatic carbocycles. The molecule has 0 aliphatic carbocycles. The van der Waals surface area contributed by atoms with Gasteiger partial charge >= 0.3 is 5.76 Å². The van der Waals surface area contributed by atoms with E-state index >= 15 is 0 Å². The van der Waals surface area contributed by atoms with E-state index in [2.05, 4.69) is 15.5 Å². The number of aromatic amines is 1. The van der Waals surface area contributed by atoms with E-state index in [4.69, 9.17) is 8.94 Å². The Morgan fingerprint density at radius 3 is 3.00 bits per heavy atom. The van der Waals surface area contributed by atoms with Gasteiger partial charge in [-0.3, -0.25) is 9.78 Å². The van der Waals surface area contributed by atoms with Crippen molar-refractivity contribution in [3.8, 4) is 10.6 Å². The van der Waals surface area contributed by atoms with Crippen LogP contribution in [-0.4, -0.2) is 16.0 Å². The lowest BCUT2D eigenvalue weighted by Crippen LogP contribution is -2.12. The minimum Gasteiger partial charge on any atom is -0.408 e. The summed E-state index contributed by atoms with van der Waals surface area (Å²) >= 11 is 1.50. The van der Waals surface area contributed by atoms with Crippen LogP contribution in [0.5, 0.6) is 0 Å². The largest absolute Gasteiger partial charge is 0.417 e. The van der Waals surface area contributed by atoms with Gasteiger partial charge in [-0.05, 0) is 29.6 Å². The van der Waals surface area contributed by atoms with Crippen molar-refractivity contribution in [1.82, 2.24) is 10.1 Å². The summed E-state index contributed by atoms with van der Waals surface area (Å²) in [6, 6.07) is 10.2. The number of thiophene rings is 1. The molecule has 0 atom stereocenters. The fourth-order valence-electron chi connectivity index (χ4n) is 2.14. The molecule has 2 N–H and O–H groups in total. The van der Waals surface area contributed by atoms with E-state index in [9.17, 15) is 9.59 Å². The molecule has 0 saturated heterocycles. The molecule has 0 unspecified atom stereocenters. The Labute approximate surface area is 132 Å². The average molecular weight is 327 g/mol. The number of benzene rings is 1. The molecule has 1 amide bonds. The van der Waals surface area contributed by atoms with E-state index in [-0.39, 0.29) is 5.69 Å². The van der Waals surface area contributed by atoms with Crippen molar-refractivity contribution in [2.75, 3.05) is 5.32 Å². The summed E-state index contributed by atoms with van der Waals surface area (Å²) < 4.78 is 10.1. The molecule has 3 aromatic heterocycles. The lowest BCUT2D eigenvalue weighted by atomic mass is 10.2. The molecule has 4 rings (SSSR count). The zero-order valence-electron chi connectivity index (χ0n) is 11.5. The van der Waals surface area contributed by atoms with E-state index in [0.29, 0.717) is 22.5 Å². The van der Waals surface area contributed by atoms with E-state index in [1.54, 1.807) is 24.3 Å². The number of carbonyl (C=O) groups is 1. The Balaban J connectivity index is 1.57. The summed E-state index contributed by atoms with van der Waals surface area (Å²) in [5.41, 5.74) is 1.62. The van der Waals surface area contributed by atoms with Crippen LogP contribution in [0.4, 0.5) is 5.69 Å². The molecule has 7 nitrogen and oxygen atoms in total. The molecule has 0 saturated carbocycles. The number of nitrogens with one attached hydrogen (secondary N) is 2. The fourth-order valence-corrected chi connectivity index (χ4v) is 2.82. The third-order valence-corrected chi connectivity index (χ3v) is 4.07. The van der Waals surface area contributed by atoms with Crippen LogP contribution in [0.25, 0.3) is 21.7 Å². The normalized spacial score (nSPS) is 11.0. The molecule has 0 bridgehead atoms. The predicted octanol–water partition coefficient (Wildman–Crippen LogP) is 3.09. The van der Waals surface area contributed by atoms with Crippen molar-refractivity contribution >= 4 is 34.0 Å². The smallest absolute Gasteiger partial charge is 0.408 e. The molecule has 4 aromatic rings. The molecule has 0 aliphatic rings. The van der Waals surface area contributed by atoms with Crippen molar-refractivity contribution < 1.29 is 13.7 Å². The third-order valence-electron chi connectivity index (χ3n) is 3.18. The predicted molar refractivity (Wildman–Crippen MR) is 84.6 cm³/mol. The summed E-state index contributed by atoms with van der Waals surface area (Å²) in [4.78, 5) is 26.8. The zero-order valence-corrected chi connectivity index (χ0v) is 12.3. The van der Waals surface area contributed by atoms with Crippen LogP contribution in [0.2, 0.25) is 0 Å². The second-order valence-corrected chi connectivity index (χ2v) is 5.68. The summed E-state index contributed by atoms with van der Waals surface area (Å²) in [6.07, 6.45) is 0. The van der Waals surface area contributed by atoms with Gasteiger partial charge in [0.25, 0.3) is 5.91 Å². The Kier molecular flexibility index (Phi) is 3.09. The molecule has 0 aliphatic heterocycles. The van der Waals surface area contributed by atoms with Crippen LogP contribution in [0.15, 0.2) is 55.5 Å². The first kappa shape index (κ1) is 13.5. The van der Waals surface area contributed by atoms with Gasteiger partial charge in [0, 0.05) is 11.8 Å². The molecule has 114 valence electrons. The van der Waals surface area contributed by atoms with E-state index in [0.717, 1.165) is 4.88 Å². The summed E-state index contributed by atoms with van der Waals surface area (Å²) in [5.74, 6) is -0.401. The van der Waals surface area contributed by atoms with E-state index < -0.39 is 11.7 Å². The van der Waals surface area contributed by atoms with Gasteiger partial charge in [-0.25, -0.2) is 4.79 Å². The van der Waals surface area contributed by atoms with Crippen LogP contribution >= 0.6 is 11.3 Å². The van der Waals surface area contributed by atoms with Crippen molar-refractivity contribution in [3.05, 3.63) is 58.0 Å². The number of anilines is 1. The van der Waals surface area contributed by atoms with E-state index in [1.807, 2.05) is 17.5 Å². The third kappa shape index (κ3) is 2.55. The van der Waals surface area contributed by atoms with Crippen LogP contribution in [0, 0.1) is 0 Å². The lowest BCUT2D eigenvalue weighted by Gasteiger charge is -2.01. The van der Waals surface area contributed by atoms with Crippen molar-refractivity contribution in [1.29, 1.82) is 0 Å². The molecule has 3 heterocycles. The van der Waals surface area contributed by atoms with Gasteiger partial charge in [-0.1, -0.05) is 11.2 Å². The van der Waals surface area contributed by atoms with Crippen LogP contribution in [-0.2, 0) is 0 Å². The minimum absolute atomic E-state index is 0.175. The summed E-state index contributed by atoms with van der Waals surface area (Å²) in [7, 11) is 0. The maximum Gasteiger partial charge on any atom is 0.417 e. The number of H-pyrrole nitrogens is 1. The monoisotopic (exact) mass is 327 g/mol. The standard InChI is InChI=1S/C15H9N3O4S/c19-14(10-7-12(22-18-10)13-2-1-5-23-13)16-8-3-4-11-9(6-8)17-15(20)21-11/h1-7H,(H,16,19)(H,17,20). The summed E-state index contributed by atoms with van der Waals surface area (Å²) in [5, 5.41) is 8.39. The number of fused-ring (bicyclic) bond motifs is 1. The Hall–Kier alpha value is -3.13. The lowest BCUT2D eigenvalue weighted by molar-refractivity contribution is 0.101. The highest BCUT2D eigenvalue weighted by atomic mass is 32.1. The first-order valence-corrected chi connectivity index (χ1v) is 7.52. The van der Waals surface area contributed by atoms with Crippen LogP contribution in [0.3, 0.4) is 0 Å². The zero-order chi connectivity index (χ0) is 15.8. The van der Waals surface area contributed by atoms with Gasteiger partial charge in [0.1, 0.15) is 0 Å². The summed E-state index contributed by atoms with van der Waals surface area (Å²) in [6.45, 7) is 0. The number of hydrogen-bond donors (Lipinski definition) is 2. The van der Waals surface area contributed by atoms with Gasteiger partial charge < -0.3 is 14.3 Å². The fraction of sp³-hybridized carbons (Fsp3) is 0. The van der Waals surface area contributed by atoms with Gasteiger partial charge in [-0.2, -0.15) is 0 Å². The van der Waals surface area contributed by atoms with Crippen LogP contribution in [0.1, 0.15) is 10.5 Å². The SMILES string of the molecule is O=C(Nc1ccc2oc(=O)[nH]c2c1)c1cc(-c2cccs2)on1.